The van der Waals surface area contributed by atoms with E-state index in [9.17, 15) is 14.7 Å². The number of aliphatic carboxylic acids is 1. The van der Waals surface area contributed by atoms with Crippen LogP contribution in [0.25, 0.3) is 6.08 Å². The Hall–Kier alpha value is -3.26. The number of thioether (sulfide) groups is 1. The summed E-state index contributed by atoms with van der Waals surface area (Å²) >= 11 is 1.26. The summed E-state index contributed by atoms with van der Waals surface area (Å²) in [6.07, 6.45) is 1.72. The molecule has 0 radical (unpaired) electrons. The molecule has 2 aromatic carbocycles. The molecule has 144 valence electrons. The molecule has 1 aliphatic heterocycles. The Labute approximate surface area is 166 Å². The number of likely N-dealkylation sites (N-methyl/N-ethyl adjacent to an activating group) is 1. The maximum absolute atomic E-state index is 12.7. The zero-order valence-electron chi connectivity index (χ0n) is 15.0. The molecule has 2 N–H and O–H groups in total. The third-order valence-corrected chi connectivity index (χ3v) is 4.80. The van der Waals surface area contributed by atoms with Gasteiger partial charge in [-0.2, -0.15) is 0 Å². The van der Waals surface area contributed by atoms with Crippen molar-refractivity contribution >= 4 is 40.6 Å². The van der Waals surface area contributed by atoms with Crippen molar-refractivity contribution in [3.8, 4) is 11.5 Å². The summed E-state index contributed by atoms with van der Waals surface area (Å²) in [5.74, 6) is -0.643. The van der Waals surface area contributed by atoms with Crippen LogP contribution < -0.4 is 4.74 Å². The molecule has 0 saturated carbocycles. The monoisotopic (exact) mass is 398 g/mol. The number of benzene rings is 2. The summed E-state index contributed by atoms with van der Waals surface area (Å²) in [6, 6.07) is 13.3. The van der Waals surface area contributed by atoms with Crippen LogP contribution in [0, 0.1) is 0 Å². The summed E-state index contributed by atoms with van der Waals surface area (Å²) in [5, 5.41) is 18.7. The second kappa shape index (κ2) is 8.62. The van der Waals surface area contributed by atoms with Gasteiger partial charge in [0, 0.05) is 6.54 Å². The van der Waals surface area contributed by atoms with Gasteiger partial charge < -0.3 is 14.9 Å². The lowest BCUT2D eigenvalue weighted by molar-refractivity contribution is -0.139. The van der Waals surface area contributed by atoms with Crippen LogP contribution in [-0.4, -0.2) is 45.3 Å². The fraction of sp³-hybridized carbons (Fsp3) is 0.150. The molecule has 1 fully saturated rings. The van der Waals surface area contributed by atoms with Crippen molar-refractivity contribution in [3.05, 3.63) is 59.0 Å². The summed E-state index contributed by atoms with van der Waals surface area (Å²) < 4.78 is 5.18. The second-order valence-electron chi connectivity index (χ2n) is 5.83. The number of nitrogens with zero attached hydrogens (tertiary/aromatic N) is 2. The molecule has 1 saturated heterocycles. The molecular formula is C20H18N2O5S. The zero-order chi connectivity index (χ0) is 20.1. The summed E-state index contributed by atoms with van der Waals surface area (Å²) in [6.45, 7) is 1.91. The van der Waals surface area contributed by atoms with E-state index in [1.54, 1.807) is 47.4 Å². The van der Waals surface area contributed by atoms with Crippen LogP contribution in [0.15, 0.2) is 58.4 Å². The molecule has 7 nitrogen and oxygen atoms in total. The lowest BCUT2D eigenvalue weighted by Crippen LogP contribution is -2.28. The number of aromatic hydroxyl groups is 1. The normalized spacial score (nSPS) is 16.8. The molecule has 8 heteroatoms. The minimum Gasteiger partial charge on any atom is -0.508 e. The minimum absolute atomic E-state index is 0.150. The summed E-state index contributed by atoms with van der Waals surface area (Å²) in [7, 11) is 0. The Balaban J connectivity index is 1.84. The Kier molecular flexibility index (Phi) is 6.00. The number of carbonyl (C=O) groups is 2. The Morgan fingerprint density at radius 1 is 1.25 bits per heavy atom. The van der Waals surface area contributed by atoms with Crippen LogP contribution in [0.2, 0.25) is 0 Å². The second-order valence-corrected chi connectivity index (χ2v) is 6.83. The van der Waals surface area contributed by atoms with Gasteiger partial charge in [-0.25, -0.2) is 9.79 Å². The third kappa shape index (κ3) is 4.72. The third-order valence-electron chi connectivity index (χ3n) is 3.80. The highest BCUT2D eigenvalue weighted by Gasteiger charge is 2.32. The quantitative estimate of drug-likeness (QED) is 0.723. The standard InChI is InChI=1S/C20H18N2O5S/c1-2-22-19(26)17(28-20(22)21-14-6-8-15(23)9-7-14)11-13-4-3-5-16(10-13)27-12-18(24)25/h3-11,23H,2,12H2,1H3,(H,24,25)/b17-11-,21-20?. The first kappa shape index (κ1) is 19.5. The predicted molar refractivity (Wildman–Crippen MR) is 108 cm³/mol. The first-order valence-electron chi connectivity index (χ1n) is 8.50. The average molecular weight is 398 g/mol. The number of ether oxygens (including phenoxy) is 1. The maximum Gasteiger partial charge on any atom is 0.341 e. The number of carboxylic acid groups (broad SMARTS) is 1. The number of hydrogen-bond acceptors (Lipinski definition) is 6. The molecule has 28 heavy (non-hydrogen) atoms. The van der Waals surface area contributed by atoms with E-state index >= 15 is 0 Å². The van der Waals surface area contributed by atoms with Crippen LogP contribution in [0.1, 0.15) is 12.5 Å². The number of phenols is 1. The number of carboxylic acids is 1. The first-order valence-corrected chi connectivity index (χ1v) is 9.31. The number of hydrogen-bond donors (Lipinski definition) is 2. The number of phenolic OH excluding ortho intramolecular Hbond substituents is 1. The molecule has 0 bridgehead atoms. The molecule has 0 atom stereocenters. The highest BCUT2D eigenvalue weighted by atomic mass is 32.2. The lowest BCUT2D eigenvalue weighted by Gasteiger charge is -2.11. The molecule has 2 aromatic rings. The van der Waals surface area contributed by atoms with Crippen molar-refractivity contribution < 1.29 is 24.5 Å². The van der Waals surface area contributed by atoms with E-state index in [-0.39, 0.29) is 11.7 Å². The Bertz CT molecular complexity index is 953. The van der Waals surface area contributed by atoms with Gasteiger partial charge in [0.2, 0.25) is 0 Å². The number of aliphatic imine (C=N–C) groups is 1. The van der Waals surface area contributed by atoms with Crippen LogP contribution in [0.3, 0.4) is 0 Å². The van der Waals surface area contributed by atoms with Crippen molar-refractivity contribution in [2.24, 2.45) is 4.99 Å². The van der Waals surface area contributed by atoms with Crippen LogP contribution in [-0.2, 0) is 9.59 Å². The van der Waals surface area contributed by atoms with Gasteiger partial charge in [0.15, 0.2) is 11.8 Å². The Morgan fingerprint density at radius 2 is 2.00 bits per heavy atom. The molecule has 0 aromatic heterocycles. The van der Waals surface area contributed by atoms with Gasteiger partial charge in [-0.3, -0.25) is 9.69 Å². The van der Waals surface area contributed by atoms with E-state index in [0.29, 0.717) is 28.1 Å². The number of carbonyl (C=O) groups excluding carboxylic acids is 1. The highest BCUT2D eigenvalue weighted by Crippen LogP contribution is 2.34. The van der Waals surface area contributed by atoms with E-state index in [4.69, 9.17) is 9.84 Å². The molecule has 1 aliphatic rings. The maximum atomic E-state index is 12.7. The number of amides is 1. The molecule has 0 spiro atoms. The van der Waals surface area contributed by atoms with E-state index in [1.165, 1.54) is 23.9 Å². The number of amidine groups is 1. The molecule has 1 heterocycles. The molecule has 0 unspecified atom stereocenters. The van der Waals surface area contributed by atoms with Crippen molar-refractivity contribution in [3.63, 3.8) is 0 Å². The van der Waals surface area contributed by atoms with Gasteiger partial charge in [0.05, 0.1) is 10.6 Å². The predicted octanol–water partition coefficient (Wildman–Crippen LogP) is 3.48. The largest absolute Gasteiger partial charge is 0.508 e. The van der Waals surface area contributed by atoms with E-state index in [1.807, 2.05) is 6.92 Å². The van der Waals surface area contributed by atoms with Crippen LogP contribution >= 0.6 is 11.8 Å². The SMILES string of the molecule is CCN1C(=O)/C(=C/c2cccc(OCC(=O)O)c2)SC1=Nc1ccc(O)cc1. The van der Waals surface area contributed by atoms with Gasteiger partial charge in [0.25, 0.3) is 5.91 Å². The smallest absolute Gasteiger partial charge is 0.341 e. The van der Waals surface area contributed by atoms with Gasteiger partial charge >= 0.3 is 5.97 Å². The topological polar surface area (TPSA) is 99.4 Å². The van der Waals surface area contributed by atoms with Crippen LogP contribution in [0.4, 0.5) is 5.69 Å². The van der Waals surface area contributed by atoms with E-state index in [0.717, 1.165) is 5.56 Å². The van der Waals surface area contributed by atoms with E-state index < -0.39 is 12.6 Å². The van der Waals surface area contributed by atoms with E-state index in [2.05, 4.69) is 4.99 Å². The van der Waals surface area contributed by atoms with Crippen molar-refractivity contribution in [1.82, 2.24) is 4.90 Å². The average Bonchev–Trinajstić information content (AvgIpc) is 2.96. The van der Waals surface area contributed by atoms with Crippen molar-refractivity contribution in [1.29, 1.82) is 0 Å². The van der Waals surface area contributed by atoms with Gasteiger partial charge in [-0.1, -0.05) is 12.1 Å². The zero-order valence-corrected chi connectivity index (χ0v) is 15.8. The highest BCUT2D eigenvalue weighted by molar-refractivity contribution is 8.18. The summed E-state index contributed by atoms with van der Waals surface area (Å²) in [5.41, 5.74) is 1.36. The molecule has 0 aliphatic carbocycles. The Morgan fingerprint density at radius 3 is 2.68 bits per heavy atom. The molecule has 1 amide bonds. The summed E-state index contributed by atoms with van der Waals surface area (Å²) in [4.78, 5) is 29.9. The van der Waals surface area contributed by atoms with Crippen LogP contribution in [0.5, 0.6) is 11.5 Å². The first-order chi connectivity index (χ1) is 13.5. The lowest BCUT2D eigenvalue weighted by atomic mass is 10.2. The number of rotatable bonds is 6. The van der Waals surface area contributed by atoms with Gasteiger partial charge in [0.1, 0.15) is 11.5 Å². The fourth-order valence-electron chi connectivity index (χ4n) is 2.50. The molecule has 3 rings (SSSR count). The minimum atomic E-state index is -1.06. The van der Waals surface area contributed by atoms with Crippen molar-refractivity contribution in [2.45, 2.75) is 6.92 Å². The fourth-order valence-corrected chi connectivity index (χ4v) is 3.56. The van der Waals surface area contributed by atoms with Gasteiger partial charge in [-0.15, -0.1) is 0 Å². The van der Waals surface area contributed by atoms with Crippen molar-refractivity contribution in [2.75, 3.05) is 13.2 Å². The van der Waals surface area contributed by atoms with Gasteiger partial charge in [-0.05, 0) is 66.7 Å². The molecular weight excluding hydrogens is 380 g/mol.